The maximum absolute atomic E-state index is 12.2. The molecular weight excluding hydrogens is 308 g/mol. The highest BCUT2D eigenvalue weighted by atomic mass is 32.1. The standard InChI is InChI=1S/C18H26N2O2S/c1-6-20(17(21)22-18(3,4)5)12-11-13(2)16-19-14-9-7-8-10-15(14)23-16/h7-10,13H,6,11-12H2,1-5H3. The number of benzene rings is 1. The molecule has 0 aliphatic rings. The second-order valence-corrected chi connectivity index (χ2v) is 7.83. The van der Waals surface area contributed by atoms with Gasteiger partial charge in [-0.1, -0.05) is 19.1 Å². The van der Waals surface area contributed by atoms with E-state index in [0.717, 1.165) is 16.9 Å². The van der Waals surface area contributed by atoms with Gasteiger partial charge in [0.15, 0.2) is 0 Å². The van der Waals surface area contributed by atoms with E-state index in [4.69, 9.17) is 9.72 Å². The first-order valence-electron chi connectivity index (χ1n) is 8.13. The van der Waals surface area contributed by atoms with Gasteiger partial charge in [-0.05, 0) is 46.2 Å². The van der Waals surface area contributed by atoms with Gasteiger partial charge in [-0.25, -0.2) is 9.78 Å². The highest BCUT2D eigenvalue weighted by Crippen LogP contribution is 2.29. The predicted octanol–water partition coefficient (Wildman–Crippen LogP) is 5.05. The number of hydrogen-bond donors (Lipinski definition) is 0. The third-order valence-electron chi connectivity index (χ3n) is 3.60. The van der Waals surface area contributed by atoms with Crippen molar-refractivity contribution in [3.8, 4) is 0 Å². The van der Waals surface area contributed by atoms with Crippen LogP contribution in [0.15, 0.2) is 24.3 Å². The molecule has 0 spiro atoms. The minimum Gasteiger partial charge on any atom is -0.444 e. The summed E-state index contributed by atoms with van der Waals surface area (Å²) in [5, 5.41) is 1.13. The summed E-state index contributed by atoms with van der Waals surface area (Å²) in [7, 11) is 0. The van der Waals surface area contributed by atoms with Gasteiger partial charge in [-0.2, -0.15) is 0 Å². The Hall–Kier alpha value is -1.62. The Morgan fingerprint density at radius 3 is 2.65 bits per heavy atom. The molecule has 23 heavy (non-hydrogen) atoms. The van der Waals surface area contributed by atoms with Gasteiger partial charge in [0.25, 0.3) is 0 Å². The van der Waals surface area contributed by atoms with Crippen LogP contribution in [-0.4, -0.2) is 34.7 Å². The lowest BCUT2D eigenvalue weighted by Gasteiger charge is -2.27. The normalized spacial score (nSPS) is 13.1. The molecule has 0 radical (unpaired) electrons. The molecule has 1 atom stereocenters. The van der Waals surface area contributed by atoms with Crippen molar-refractivity contribution in [1.29, 1.82) is 0 Å². The highest BCUT2D eigenvalue weighted by Gasteiger charge is 2.22. The third kappa shape index (κ3) is 4.93. The lowest BCUT2D eigenvalue weighted by Crippen LogP contribution is -2.37. The van der Waals surface area contributed by atoms with Crippen LogP contribution in [0.25, 0.3) is 10.2 Å². The molecule has 0 aliphatic heterocycles. The lowest BCUT2D eigenvalue weighted by molar-refractivity contribution is 0.0256. The first-order valence-corrected chi connectivity index (χ1v) is 8.95. The van der Waals surface area contributed by atoms with Crippen molar-refractivity contribution in [3.63, 3.8) is 0 Å². The summed E-state index contributed by atoms with van der Waals surface area (Å²) in [5.74, 6) is 0.323. The topological polar surface area (TPSA) is 42.4 Å². The molecule has 0 saturated heterocycles. The molecule has 1 aromatic carbocycles. The van der Waals surface area contributed by atoms with Crippen molar-refractivity contribution < 1.29 is 9.53 Å². The van der Waals surface area contributed by atoms with Crippen LogP contribution in [0.5, 0.6) is 0 Å². The number of rotatable bonds is 5. The van der Waals surface area contributed by atoms with E-state index < -0.39 is 5.60 Å². The van der Waals surface area contributed by atoms with Gasteiger partial charge in [0.05, 0.1) is 15.2 Å². The number of hydrogen-bond acceptors (Lipinski definition) is 4. The van der Waals surface area contributed by atoms with Gasteiger partial charge in [-0.3, -0.25) is 0 Å². The molecule has 0 aliphatic carbocycles. The van der Waals surface area contributed by atoms with Gasteiger partial charge in [0.2, 0.25) is 0 Å². The molecule has 5 heteroatoms. The molecule has 1 unspecified atom stereocenters. The summed E-state index contributed by atoms with van der Waals surface area (Å²) in [6.07, 6.45) is 0.642. The van der Waals surface area contributed by atoms with E-state index >= 15 is 0 Å². The largest absolute Gasteiger partial charge is 0.444 e. The lowest BCUT2D eigenvalue weighted by atomic mass is 10.1. The minimum absolute atomic E-state index is 0.239. The number of para-hydroxylation sites is 1. The fraction of sp³-hybridized carbons (Fsp3) is 0.556. The van der Waals surface area contributed by atoms with Crippen molar-refractivity contribution in [3.05, 3.63) is 29.3 Å². The molecule has 4 nitrogen and oxygen atoms in total. The summed E-state index contributed by atoms with van der Waals surface area (Å²) >= 11 is 1.74. The molecule has 1 amide bonds. The first-order chi connectivity index (χ1) is 10.8. The van der Waals surface area contributed by atoms with Crippen molar-refractivity contribution in [1.82, 2.24) is 9.88 Å². The van der Waals surface area contributed by atoms with E-state index in [1.54, 1.807) is 16.2 Å². The minimum atomic E-state index is -0.455. The van der Waals surface area contributed by atoms with Crippen LogP contribution in [-0.2, 0) is 4.74 Å². The number of carbonyl (C=O) groups excluding carboxylic acids is 1. The summed E-state index contributed by atoms with van der Waals surface area (Å²) < 4.78 is 6.67. The van der Waals surface area contributed by atoms with Gasteiger partial charge in [0.1, 0.15) is 5.60 Å². The number of nitrogens with zero attached hydrogens (tertiary/aromatic N) is 2. The smallest absolute Gasteiger partial charge is 0.410 e. The van der Waals surface area contributed by atoms with Gasteiger partial charge in [0, 0.05) is 19.0 Å². The van der Waals surface area contributed by atoms with Crippen LogP contribution in [0.3, 0.4) is 0 Å². The van der Waals surface area contributed by atoms with Crippen LogP contribution in [0.2, 0.25) is 0 Å². The Labute approximate surface area is 142 Å². The van der Waals surface area contributed by atoms with Gasteiger partial charge >= 0.3 is 6.09 Å². The quantitative estimate of drug-likeness (QED) is 0.768. The van der Waals surface area contributed by atoms with Crippen LogP contribution >= 0.6 is 11.3 Å². The highest BCUT2D eigenvalue weighted by molar-refractivity contribution is 7.18. The molecular formula is C18H26N2O2S. The predicted molar refractivity (Wildman–Crippen MR) is 96.1 cm³/mol. The Kier molecular flexibility index (Phi) is 5.63. The fourth-order valence-corrected chi connectivity index (χ4v) is 3.33. The summed E-state index contributed by atoms with van der Waals surface area (Å²) in [4.78, 5) is 18.6. The molecule has 0 fully saturated rings. The molecule has 126 valence electrons. The molecule has 0 saturated carbocycles. The first kappa shape index (κ1) is 17.7. The molecule has 0 N–H and O–H groups in total. The Bertz CT molecular complexity index is 627. The van der Waals surface area contributed by atoms with E-state index in [1.165, 1.54) is 4.70 Å². The maximum Gasteiger partial charge on any atom is 0.410 e. The van der Waals surface area contributed by atoms with Crippen molar-refractivity contribution in [2.24, 2.45) is 0 Å². The maximum atomic E-state index is 12.2. The Balaban J connectivity index is 1.96. The second kappa shape index (κ2) is 7.30. The van der Waals surface area contributed by atoms with E-state index in [9.17, 15) is 4.79 Å². The molecule has 2 rings (SSSR count). The summed E-state index contributed by atoms with van der Waals surface area (Å²) in [6.45, 7) is 11.2. The van der Waals surface area contributed by atoms with Crippen molar-refractivity contribution in [2.75, 3.05) is 13.1 Å². The average Bonchev–Trinajstić information content (AvgIpc) is 2.89. The zero-order valence-electron chi connectivity index (χ0n) is 14.6. The molecule has 0 bridgehead atoms. The SMILES string of the molecule is CCN(CCC(C)c1nc2ccccc2s1)C(=O)OC(C)(C)C. The summed E-state index contributed by atoms with van der Waals surface area (Å²) in [5.41, 5.74) is 0.599. The van der Waals surface area contributed by atoms with E-state index in [0.29, 0.717) is 19.0 Å². The van der Waals surface area contributed by atoms with Gasteiger partial charge in [-0.15, -0.1) is 11.3 Å². The van der Waals surface area contributed by atoms with Crippen molar-refractivity contribution >= 4 is 27.6 Å². The number of thiazole rings is 1. The Morgan fingerprint density at radius 2 is 2.04 bits per heavy atom. The van der Waals surface area contributed by atoms with E-state index in [1.807, 2.05) is 45.9 Å². The van der Waals surface area contributed by atoms with Crippen LogP contribution in [0.1, 0.15) is 52.0 Å². The van der Waals surface area contributed by atoms with Gasteiger partial charge < -0.3 is 9.64 Å². The number of carbonyl (C=O) groups is 1. The van der Waals surface area contributed by atoms with E-state index in [2.05, 4.69) is 13.0 Å². The summed E-state index contributed by atoms with van der Waals surface area (Å²) in [6, 6.07) is 8.19. The number of fused-ring (bicyclic) bond motifs is 1. The molecule has 2 aromatic rings. The second-order valence-electron chi connectivity index (χ2n) is 6.77. The number of aromatic nitrogens is 1. The number of amides is 1. The zero-order chi connectivity index (χ0) is 17.0. The average molecular weight is 334 g/mol. The molecule has 1 aromatic heterocycles. The van der Waals surface area contributed by atoms with Crippen LogP contribution < -0.4 is 0 Å². The Morgan fingerprint density at radius 1 is 1.35 bits per heavy atom. The van der Waals surface area contributed by atoms with E-state index in [-0.39, 0.29) is 6.09 Å². The molecule has 1 heterocycles. The number of ether oxygens (including phenoxy) is 1. The zero-order valence-corrected chi connectivity index (χ0v) is 15.4. The van der Waals surface area contributed by atoms with Crippen LogP contribution in [0, 0.1) is 0 Å². The van der Waals surface area contributed by atoms with Crippen LogP contribution in [0.4, 0.5) is 4.79 Å². The monoisotopic (exact) mass is 334 g/mol. The third-order valence-corrected chi connectivity index (χ3v) is 4.87. The van der Waals surface area contributed by atoms with Crippen molar-refractivity contribution in [2.45, 2.75) is 52.6 Å². The fourth-order valence-electron chi connectivity index (χ4n) is 2.28.